The summed E-state index contributed by atoms with van der Waals surface area (Å²) in [6.07, 6.45) is 2.12. The number of likely N-dealkylation sites (tertiary alicyclic amines) is 1. The lowest BCUT2D eigenvalue weighted by Crippen LogP contribution is -2.39. The standard InChI is InChI=1S/C16H22N2O3/c1-3-16(2)8-9-18(11-16)15(21)17-10-12-4-6-13(7-5-12)14(19)20/h4-7H,3,8-11H2,1-2H3,(H,17,21)(H,19,20). The first-order valence-corrected chi connectivity index (χ1v) is 7.28. The molecule has 2 rings (SSSR count). The monoisotopic (exact) mass is 290 g/mol. The van der Waals surface area contributed by atoms with E-state index in [1.807, 2.05) is 4.90 Å². The minimum Gasteiger partial charge on any atom is -0.478 e. The van der Waals surface area contributed by atoms with E-state index in [1.54, 1.807) is 24.3 Å². The van der Waals surface area contributed by atoms with Crippen LogP contribution in [0, 0.1) is 5.41 Å². The van der Waals surface area contributed by atoms with Crippen molar-refractivity contribution in [3.05, 3.63) is 35.4 Å². The summed E-state index contributed by atoms with van der Waals surface area (Å²) in [6.45, 7) is 6.38. The van der Waals surface area contributed by atoms with Gasteiger partial charge in [-0.25, -0.2) is 9.59 Å². The fourth-order valence-electron chi connectivity index (χ4n) is 2.54. The molecule has 0 radical (unpaired) electrons. The largest absolute Gasteiger partial charge is 0.478 e. The second-order valence-corrected chi connectivity index (χ2v) is 6.00. The zero-order valence-electron chi connectivity index (χ0n) is 12.6. The highest BCUT2D eigenvalue weighted by atomic mass is 16.4. The van der Waals surface area contributed by atoms with Crippen molar-refractivity contribution in [3.63, 3.8) is 0 Å². The summed E-state index contributed by atoms with van der Waals surface area (Å²) < 4.78 is 0. The molecule has 1 heterocycles. The van der Waals surface area contributed by atoms with E-state index in [4.69, 9.17) is 5.11 Å². The van der Waals surface area contributed by atoms with E-state index in [-0.39, 0.29) is 17.0 Å². The van der Waals surface area contributed by atoms with Crippen molar-refractivity contribution in [1.82, 2.24) is 10.2 Å². The fraction of sp³-hybridized carbons (Fsp3) is 0.500. The topological polar surface area (TPSA) is 69.6 Å². The average molecular weight is 290 g/mol. The molecule has 0 bridgehead atoms. The number of amides is 2. The normalized spacial score (nSPS) is 21.3. The first-order chi connectivity index (χ1) is 9.93. The van der Waals surface area contributed by atoms with Crippen LogP contribution >= 0.6 is 0 Å². The predicted molar refractivity (Wildman–Crippen MR) is 80.2 cm³/mol. The summed E-state index contributed by atoms with van der Waals surface area (Å²) in [7, 11) is 0. The average Bonchev–Trinajstić information content (AvgIpc) is 2.88. The van der Waals surface area contributed by atoms with E-state index >= 15 is 0 Å². The van der Waals surface area contributed by atoms with Gasteiger partial charge in [0.05, 0.1) is 5.56 Å². The van der Waals surface area contributed by atoms with E-state index in [9.17, 15) is 9.59 Å². The summed E-state index contributed by atoms with van der Waals surface area (Å²) in [6, 6.07) is 6.50. The zero-order valence-corrected chi connectivity index (χ0v) is 12.6. The fourth-order valence-corrected chi connectivity index (χ4v) is 2.54. The van der Waals surface area contributed by atoms with Crippen LogP contribution < -0.4 is 5.32 Å². The number of nitrogens with zero attached hydrogens (tertiary/aromatic N) is 1. The molecular formula is C16H22N2O3. The maximum Gasteiger partial charge on any atom is 0.335 e. The molecule has 2 amide bonds. The summed E-state index contributed by atoms with van der Waals surface area (Å²) in [5.41, 5.74) is 1.38. The van der Waals surface area contributed by atoms with Gasteiger partial charge in [-0.15, -0.1) is 0 Å². The van der Waals surface area contributed by atoms with Crippen LogP contribution in [0.25, 0.3) is 0 Å². The number of carboxylic acid groups (broad SMARTS) is 1. The van der Waals surface area contributed by atoms with Crippen LogP contribution in [-0.4, -0.2) is 35.1 Å². The Labute approximate surface area is 125 Å². The summed E-state index contributed by atoms with van der Waals surface area (Å²) in [4.78, 5) is 24.7. The number of aromatic carboxylic acids is 1. The van der Waals surface area contributed by atoms with Gasteiger partial charge in [-0.2, -0.15) is 0 Å². The molecule has 0 aromatic heterocycles. The third kappa shape index (κ3) is 3.74. The number of urea groups is 1. The molecule has 1 saturated heterocycles. The number of benzene rings is 1. The van der Waals surface area contributed by atoms with E-state index in [1.165, 1.54) is 0 Å². The third-order valence-electron chi connectivity index (χ3n) is 4.34. The molecule has 2 N–H and O–H groups in total. The second kappa shape index (κ2) is 6.16. The molecule has 21 heavy (non-hydrogen) atoms. The van der Waals surface area contributed by atoms with Crippen molar-refractivity contribution < 1.29 is 14.7 Å². The van der Waals surface area contributed by atoms with Crippen molar-refractivity contribution in [3.8, 4) is 0 Å². The summed E-state index contributed by atoms with van der Waals surface area (Å²) in [5.74, 6) is -0.943. The Hall–Kier alpha value is -2.04. The van der Waals surface area contributed by atoms with Crippen LogP contribution in [-0.2, 0) is 6.54 Å². The van der Waals surface area contributed by atoms with Crippen LogP contribution in [0.2, 0.25) is 0 Å². The van der Waals surface area contributed by atoms with Crippen LogP contribution in [0.1, 0.15) is 42.6 Å². The Morgan fingerprint density at radius 3 is 2.52 bits per heavy atom. The molecule has 0 saturated carbocycles. The number of rotatable bonds is 4. The van der Waals surface area contributed by atoms with Gasteiger partial charge in [-0.1, -0.05) is 26.0 Å². The number of nitrogens with one attached hydrogen (secondary N) is 1. The Balaban J connectivity index is 1.86. The van der Waals surface area contributed by atoms with Gasteiger partial charge in [-0.05, 0) is 36.0 Å². The van der Waals surface area contributed by atoms with Gasteiger partial charge in [0.15, 0.2) is 0 Å². The summed E-state index contributed by atoms with van der Waals surface area (Å²) in [5, 5.41) is 11.7. The minimum atomic E-state index is -0.943. The van der Waals surface area contributed by atoms with Crippen LogP contribution in [0.3, 0.4) is 0 Å². The van der Waals surface area contributed by atoms with E-state index in [2.05, 4.69) is 19.2 Å². The first-order valence-electron chi connectivity index (χ1n) is 7.28. The maximum atomic E-state index is 12.1. The SMILES string of the molecule is CCC1(C)CCN(C(=O)NCc2ccc(C(=O)O)cc2)C1. The molecule has 114 valence electrons. The number of carbonyl (C=O) groups is 2. The molecule has 0 spiro atoms. The van der Waals surface area contributed by atoms with Gasteiger partial charge in [0.2, 0.25) is 0 Å². The van der Waals surface area contributed by atoms with Crippen molar-refractivity contribution in [2.24, 2.45) is 5.41 Å². The smallest absolute Gasteiger partial charge is 0.335 e. The van der Waals surface area contributed by atoms with Gasteiger partial charge < -0.3 is 15.3 Å². The van der Waals surface area contributed by atoms with Crippen LogP contribution in [0.4, 0.5) is 4.79 Å². The quantitative estimate of drug-likeness (QED) is 0.895. The van der Waals surface area contributed by atoms with E-state index in [0.29, 0.717) is 6.54 Å². The van der Waals surface area contributed by atoms with Crippen molar-refractivity contribution in [1.29, 1.82) is 0 Å². The molecule has 5 nitrogen and oxygen atoms in total. The molecule has 1 aliphatic heterocycles. The van der Waals surface area contributed by atoms with E-state index in [0.717, 1.165) is 31.5 Å². The third-order valence-corrected chi connectivity index (χ3v) is 4.34. The predicted octanol–water partition coefficient (Wildman–Crippen LogP) is 2.72. The summed E-state index contributed by atoms with van der Waals surface area (Å²) >= 11 is 0. The molecule has 1 aliphatic rings. The highest BCUT2D eigenvalue weighted by Crippen LogP contribution is 2.32. The Morgan fingerprint density at radius 2 is 2.00 bits per heavy atom. The lowest BCUT2D eigenvalue weighted by Gasteiger charge is -2.23. The molecular weight excluding hydrogens is 268 g/mol. The maximum absolute atomic E-state index is 12.1. The number of hydrogen-bond acceptors (Lipinski definition) is 2. The number of carboxylic acids is 1. The first kappa shape index (κ1) is 15.4. The van der Waals surface area contributed by atoms with Gasteiger partial charge in [0.25, 0.3) is 0 Å². The highest BCUT2D eigenvalue weighted by Gasteiger charge is 2.34. The van der Waals surface area contributed by atoms with Crippen LogP contribution in [0.15, 0.2) is 24.3 Å². The van der Waals surface area contributed by atoms with Crippen molar-refractivity contribution in [2.75, 3.05) is 13.1 Å². The second-order valence-electron chi connectivity index (χ2n) is 6.00. The zero-order chi connectivity index (χ0) is 15.5. The molecule has 5 heteroatoms. The number of hydrogen-bond donors (Lipinski definition) is 2. The highest BCUT2D eigenvalue weighted by molar-refractivity contribution is 5.87. The van der Waals surface area contributed by atoms with Crippen molar-refractivity contribution >= 4 is 12.0 Å². The minimum absolute atomic E-state index is 0.0468. The molecule has 1 aromatic rings. The lowest BCUT2D eigenvalue weighted by molar-refractivity contribution is 0.0697. The van der Waals surface area contributed by atoms with Crippen LogP contribution in [0.5, 0.6) is 0 Å². The van der Waals surface area contributed by atoms with Gasteiger partial charge in [-0.3, -0.25) is 0 Å². The molecule has 0 aliphatic carbocycles. The molecule has 1 fully saturated rings. The Morgan fingerprint density at radius 1 is 1.33 bits per heavy atom. The van der Waals surface area contributed by atoms with Gasteiger partial charge >= 0.3 is 12.0 Å². The molecule has 1 unspecified atom stereocenters. The van der Waals surface area contributed by atoms with Gasteiger partial charge in [0, 0.05) is 19.6 Å². The molecule has 1 atom stereocenters. The van der Waals surface area contributed by atoms with Crippen molar-refractivity contribution in [2.45, 2.75) is 33.2 Å². The number of carbonyl (C=O) groups excluding carboxylic acids is 1. The van der Waals surface area contributed by atoms with Gasteiger partial charge in [0.1, 0.15) is 0 Å². The Bertz CT molecular complexity index is 527. The lowest BCUT2D eigenvalue weighted by atomic mass is 9.87. The van der Waals surface area contributed by atoms with E-state index < -0.39 is 5.97 Å². The Kier molecular flexibility index (Phi) is 4.50. The molecule has 1 aromatic carbocycles.